The standard InChI is InChI=1S/C15H22N2/c1-2-3-7-10-16-11-13-17(14-12-16)15-8-5-4-6-9-15/h2-3,5,7-9H,1,4,6,10-14H2/b7-3-. The molecule has 17 heavy (non-hydrogen) atoms. The van der Waals surface area contributed by atoms with E-state index in [4.69, 9.17) is 0 Å². The molecule has 0 amide bonds. The first kappa shape index (κ1) is 12.2. The lowest BCUT2D eigenvalue weighted by Crippen LogP contribution is -2.45. The van der Waals surface area contributed by atoms with Crippen molar-refractivity contribution in [1.29, 1.82) is 0 Å². The summed E-state index contributed by atoms with van der Waals surface area (Å²) in [5, 5.41) is 0. The Labute approximate surface area is 105 Å². The van der Waals surface area contributed by atoms with Gasteiger partial charge >= 0.3 is 0 Å². The van der Waals surface area contributed by atoms with Gasteiger partial charge in [-0.15, -0.1) is 0 Å². The first-order valence-corrected chi connectivity index (χ1v) is 6.52. The van der Waals surface area contributed by atoms with Crippen molar-refractivity contribution in [3.63, 3.8) is 0 Å². The number of piperazine rings is 1. The highest BCUT2D eigenvalue weighted by Crippen LogP contribution is 2.16. The monoisotopic (exact) mass is 230 g/mol. The molecular formula is C15H22N2. The molecule has 2 rings (SSSR count). The molecule has 1 saturated heterocycles. The van der Waals surface area contributed by atoms with Crippen molar-refractivity contribution in [2.24, 2.45) is 0 Å². The van der Waals surface area contributed by atoms with Crippen LogP contribution in [-0.2, 0) is 0 Å². The van der Waals surface area contributed by atoms with Crippen molar-refractivity contribution in [3.05, 3.63) is 48.7 Å². The average Bonchev–Trinajstić information content (AvgIpc) is 2.41. The molecule has 0 radical (unpaired) electrons. The average molecular weight is 230 g/mol. The fourth-order valence-electron chi connectivity index (χ4n) is 2.33. The molecule has 0 aromatic carbocycles. The summed E-state index contributed by atoms with van der Waals surface area (Å²) in [6, 6.07) is 0. The Morgan fingerprint density at radius 1 is 1.18 bits per heavy atom. The van der Waals surface area contributed by atoms with E-state index in [9.17, 15) is 0 Å². The summed E-state index contributed by atoms with van der Waals surface area (Å²) < 4.78 is 0. The van der Waals surface area contributed by atoms with E-state index in [2.05, 4.69) is 40.7 Å². The summed E-state index contributed by atoms with van der Waals surface area (Å²) in [6.07, 6.45) is 15.4. The molecule has 2 aliphatic rings. The topological polar surface area (TPSA) is 6.48 Å². The Morgan fingerprint density at radius 2 is 2.00 bits per heavy atom. The van der Waals surface area contributed by atoms with E-state index >= 15 is 0 Å². The van der Waals surface area contributed by atoms with E-state index in [-0.39, 0.29) is 0 Å². The van der Waals surface area contributed by atoms with Gasteiger partial charge in [0.25, 0.3) is 0 Å². The second-order valence-electron chi connectivity index (χ2n) is 4.56. The molecule has 0 unspecified atom stereocenters. The molecule has 0 N–H and O–H groups in total. The molecule has 2 heteroatoms. The highest BCUT2D eigenvalue weighted by molar-refractivity contribution is 5.21. The second-order valence-corrected chi connectivity index (χ2v) is 4.56. The van der Waals surface area contributed by atoms with Crippen molar-refractivity contribution < 1.29 is 0 Å². The zero-order valence-electron chi connectivity index (χ0n) is 10.5. The lowest BCUT2D eigenvalue weighted by atomic mass is 10.1. The Hall–Kier alpha value is -1.28. The van der Waals surface area contributed by atoms with Gasteiger partial charge in [-0.1, -0.05) is 37.0 Å². The van der Waals surface area contributed by atoms with E-state index in [1.807, 2.05) is 12.2 Å². The molecule has 0 bridgehead atoms. The molecule has 0 saturated carbocycles. The maximum Gasteiger partial charge on any atom is 0.0323 e. The van der Waals surface area contributed by atoms with Gasteiger partial charge in [0.15, 0.2) is 0 Å². The van der Waals surface area contributed by atoms with Gasteiger partial charge in [-0.3, -0.25) is 4.90 Å². The second kappa shape index (κ2) is 6.45. The summed E-state index contributed by atoms with van der Waals surface area (Å²) in [4.78, 5) is 4.99. The molecule has 1 aliphatic carbocycles. The van der Waals surface area contributed by atoms with Gasteiger partial charge in [0.05, 0.1) is 0 Å². The molecule has 1 aliphatic heterocycles. The van der Waals surface area contributed by atoms with Crippen LogP contribution in [0.1, 0.15) is 12.8 Å². The van der Waals surface area contributed by atoms with Crippen LogP contribution in [0, 0.1) is 0 Å². The minimum absolute atomic E-state index is 1.05. The third-order valence-corrected chi connectivity index (χ3v) is 3.35. The van der Waals surface area contributed by atoms with Crippen molar-refractivity contribution in [1.82, 2.24) is 9.80 Å². The Kier molecular flexibility index (Phi) is 4.63. The van der Waals surface area contributed by atoms with Gasteiger partial charge in [-0.25, -0.2) is 0 Å². The maximum absolute atomic E-state index is 3.69. The minimum Gasteiger partial charge on any atom is -0.369 e. The summed E-state index contributed by atoms with van der Waals surface area (Å²) in [5.41, 5.74) is 1.43. The summed E-state index contributed by atoms with van der Waals surface area (Å²) in [7, 11) is 0. The van der Waals surface area contributed by atoms with E-state index in [1.165, 1.54) is 18.5 Å². The predicted molar refractivity (Wildman–Crippen MR) is 73.8 cm³/mol. The molecular weight excluding hydrogens is 208 g/mol. The SMILES string of the molecule is C=C/C=C\CN1CCN(C2=CCCC=C2)CC1. The van der Waals surface area contributed by atoms with Crippen LogP contribution in [-0.4, -0.2) is 42.5 Å². The largest absolute Gasteiger partial charge is 0.369 e. The number of allylic oxidation sites excluding steroid dienone is 5. The van der Waals surface area contributed by atoms with Crippen LogP contribution < -0.4 is 0 Å². The summed E-state index contributed by atoms with van der Waals surface area (Å²) in [6.45, 7) is 9.36. The van der Waals surface area contributed by atoms with Crippen LogP contribution in [0.25, 0.3) is 0 Å². The first-order valence-electron chi connectivity index (χ1n) is 6.52. The summed E-state index contributed by atoms with van der Waals surface area (Å²) >= 11 is 0. The lowest BCUT2D eigenvalue weighted by Gasteiger charge is -2.36. The molecule has 0 aromatic heterocycles. The Morgan fingerprint density at radius 3 is 2.65 bits per heavy atom. The van der Waals surface area contributed by atoms with E-state index < -0.39 is 0 Å². The fourth-order valence-corrected chi connectivity index (χ4v) is 2.33. The van der Waals surface area contributed by atoms with E-state index in [1.54, 1.807) is 0 Å². The third kappa shape index (κ3) is 3.60. The molecule has 1 fully saturated rings. The quantitative estimate of drug-likeness (QED) is 0.685. The van der Waals surface area contributed by atoms with Crippen molar-refractivity contribution in [2.45, 2.75) is 12.8 Å². The van der Waals surface area contributed by atoms with Gasteiger partial charge in [-0.05, 0) is 18.9 Å². The smallest absolute Gasteiger partial charge is 0.0323 e. The molecule has 0 aromatic rings. The lowest BCUT2D eigenvalue weighted by molar-refractivity contribution is 0.174. The molecule has 2 nitrogen and oxygen atoms in total. The van der Waals surface area contributed by atoms with Crippen molar-refractivity contribution in [2.75, 3.05) is 32.7 Å². The normalized spacial score (nSPS) is 21.9. The van der Waals surface area contributed by atoms with Crippen LogP contribution in [0.2, 0.25) is 0 Å². The zero-order chi connectivity index (χ0) is 11.9. The number of hydrogen-bond donors (Lipinski definition) is 0. The van der Waals surface area contributed by atoms with Gasteiger partial charge in [0.2, 0.25) is 0 Å². The summed E-state index contributed by atoms with van der Waals surface area (Å²) in [5.74, 6) is 0. The highest BCUT2D eigenvalue weighted by Gasteiger charge is 2.16. The molecule has 92 valence electrons. The molecule has 0 spiro atoms. The third-order valence-electron chi connectivity index (χ3n) is 3.35. The maximum atomic E-state index is 3.69. The van der Waals surface area contributed by atoms with Gasteiger partial charge in [0, 0.05) is 38.4 Å². The molecule has 0 atom stereocenters. The van der Waals surface area contributed by atoms with E-state index in [0.29, 0.717) is 0 Å². The predicted octanol–water partition coefficient (Wildman–Crippen LogP) is 2.58. The zero-order valence-corrected chi connectivity index (χ0v) is 10.5. The van der Waals surface area contributed by atoms with Gasteiger partial charge in [-0.2, -0.15) is 0 Å². The van der Waals surface area contributed by atoms with E-state index in [0.717, 1.165) is 32.7 Å². The van der Waals surface area contributed by atoms with Gasteiger partial charge in [0.1, 0.15) is 0 Å². The number of hydrogen-bond acceptors (Lipinski definition) is 2. The number of rotatable bonds is 4. The van der Waals surface area contributed by atoms with Crippen LogP contribution in [0.4, 0.5) is 0 Å². The number of nitrogens with zero attached hydrogens (tertiary/aromatic N) is 2. The van der Waals surface area contributed by atoms with Crippen LogP contribution in [0.3, 0.4) is 0 Å². The van der Waals surface area contributed by atoms with Crippen LogP contribution in [0.15, 0.2) is 48.7 Å². The van der Waals surface area contributed by atoms with Crippen molar-refractivity contribution >= 4 is 0 Å². The Balaban J connectivity index is 1.77. The highest BCUT2D eigenvalue weighted by atomic mass is 15.3. The van der Waals surface area contributed by atoms with Crippen LogP contribution >= 0.6 is 0 Å². The Bertz CT molecular complexity index is 331. The molecule has 1 heterocycles. The van der Waals surface area contributed by atoms with Crippen molar-refractivity contribution in [3.8, 4) is 0 Å². The fraction of sp³-hybridized carbons (Fsp3) is 0.467. The van der Waals surface area contributed by atoms with Gasteiger partial charge < -0.3 is 4.90 Å². The van der Waals surface area contributed by atoms with Crippen LogP contribution in [0.5, 0.6) is 0 Å². The first-order chi connectivity index (χ1) is 8.40. The minimum atomic E-state index is 1.05.